The minimum Gasteiger partial charge on any atom is -0.322 e. The van der Waals surface area contributed by atoms with E-state index in [4.69, 9.17) is 11.6 Å². The van der Waals surface area contributed by atoms with E-state index in [-0.39, 0.29) is 5.91 Å². The molecule has 1 amide bonds. The molecule has 18 heavy (non-hydrogen) atoms. The van der Waals surface area contributed by atoms with Crippen LogP contribution in [0.4, 0.5) is 5.69 Å². The molecule has 0 fully saturated rings. The molecule has 1 aromatic carbocycles. The number of halogens is 2. The summed E-state index contributed by atoms with van der Waals surface area (Å²) in [6.07, 6.45) is 1.65. The molecule has 1 N–H and O–H groups in total. The van der Waals surface area contributed by atoms with Gasteiger partial charge in [-0.1, -0.05) is 11.6 Å². The Morgan fingerprint density at radius 3 is 2.78 bits per heavy atom. The van der Waals surface area contributed by atoms with Crippen LogP contribution in [0.25, 0.3) is 0 Å². The summed E-state index contributed by atoms with van der Waals surface area (Å²) in [7, 11) is 0. The number of anilines is 1. The third-order valence-corrected chi connectivity index (χ3v) is 3.57. The number of carbonyl (C=O) groups excluding carboxylic acids is 1. The first-order valence-corrected chi connectivity index (χ1v) is 6.42. The second kappa shape index (κ2) is 5.50. The second-order valence-electron chi connectivity index (χ2n) is 3.77. The summed E-state index contributed by atoms with van der Waals surface area (Å²) in [6, 6.07) is 8.62. The Labute approximate surface area is 118 Å². The number of nitrogens with zero attached hydrogens (tertiary/aromatic N) is 1. The zero-order chi connectivity index (χ0) is 13.1. The number of carbonyl (C=O) groups is 1. The second-order valence-corrected chi connectivity index (χ2v) is 5.03. The Bertz CT molecular complexity index is 601. The van der Waals surface area contributed by atoms with Crippen molar-refractivity contribution in [2.24, 2.45) is 0 Å². The van der Waals surface area contributed by atoms with Crippen molar-refractivity contribution in [1.29, 1.82) is 0 Å². The summed E-state index contributed by atoms with van der Waals surface area (Å²) >= 11 is 9.23. The molecule has 0 saturated carbocycles. The topological polar surface area (TPSA) is 42.0 Å². The van der Waals surface area contributed by atoms with Crippen molar-refractivity contribution >= 4 is 39.1 Å². The maximum Gasteiger partial charge on any atom is 0.255 e. The molecule has 1 heterocycles. The molecule has 1 aromatic heterocycles. The van der Waals surface area contributed by atoms with Crippen LogP contribution in [0.5, 0.6) is 0 Å². The first-order valence-electron chi connectivity index (χ1n) is 5.25. The van der Waals surface area contributed by atoms with Gasteiger partial charge in [-0.05, 0) is 53.2 Å². The normalized spacial score (nSPS) is 10.2. The van der Waals surface area contributed by atoms with Gasteiger partial charge in [0, 0.05) is 27.6 Å². The molecule has 2 rings (SSSR count). The molecule has 0 aliphatic rings. The minimum atomic E-state index is -0.199. The fraction of sp³-hybridized carbons (Fsp3) is 0.0769. The maximum absolute atomic E-state index is 12.0. The summed E-state index contributed by atoms with van der Waals surface area (Å²) in [6.45, 7) is 1.87. The Morgan fingerprint density at radius 1 is 1.33 bits per heavy atom. The molecule has 92 valence electrons. The fourth-order valence-electron chi connectivity index (χ4n) is 1.46. The molecule has 0 atom stereocenters. The number of nitrogens with one attached hydrogen (secondary N) is 1. The molecule has 0 aliphatic carbocycles. The third-order valence-electron chi connectivity index (χ3n) is 2.34. The van der Waals surface area contributed by atoms with Gasteiger partial charge in [-0.25, -0.2) is 0 Å². The molecule has 0 bridgehead atoms. The molecular weight excluding hydrogens is 316 g/mol. The van der Waals surface area contributed by atoms with Crippen LogP contribution in [0, 0.1) is 6.92 Å². The highest BCUT2D eigenvalue weighted by atomic mass is 79.9. The zero-order valence-electron chi connectivity index (χ0n) is 9.58. The van der Waals surface area contributed by atoms with Gasteiger partial charge in [0.05, 0.1) is 5.02 Å². The van der Waals surface area contributed by atoms with E-state index >= 15 is 0 Å². The monoisotopic (exact) mass is 324 g/mol. The van der Waals surface area contributed by atoms with Crippen LogP contribution < -0.4 is 5.32 Å². The standard InChI is InChI=1S/C13H10BrClN2O/c1-8-6-10(4-5-16-8)17-13(18)9-2-3-11(14)12(15)7-9/h2-7H,1H3,(H,16,17,18). The predicted octanol–water partition coefficient (Wildman–Crippen LogP) is 4.06. The van der Waals surface area contributed by atoms with Gasteiger partial charge in [-0.2, -0.15) is 0 Å². The number of aryl methyl sites for hydroxylation is 1. The number of amides is 1. The smallest absolute Gasteiger partial charge is 0.255 e. The van der Waals surface area contributed by atoms with E-state index in [2.05, 4.69) is 26.2 Å². The lowest BCUT2D eigenvalue weighted by atomic mass is 10.2. The van der Waals surface area contributed by atoms with Crippen molar-refractivity contribution in [3.63, 3.8) is 0 Å². The highest BCUT2D eigenvalue weighted by Crippen LogP contribution is 2.23. The number of hydrogen-bond acceptors (Lipinski definition) is 2. The fourth-order valence-corrected chi connectivity index (χ4v) is 1.89. The Balaban J connectivity index is 2.19. The molecular formula is C13H10BrClN2O. The lowest BCUT2D eigenvalue weighted by Crippen LogP contribution is -2.12. The van der Waals surface area contributed by atoms with Crippen LogP contribution in [-0.4, -0.2) is 10.9 Å². The molecule has 0 unspecified atom stereocenters. The van der Waals surface area contributed by atoms with Crippen LogP contribution in [0.3, 0.4) is 0 Å². The first kappa shape index (κ1) is 13.1. The van der Waals surface area contributed by atoms with Gasteiger partial charge in [0.1, 0.15) is 0 Å². The third kappa shape index (κ3) is 3.09. The zero-order valence-corrected chi connectivity index (χ0v) is 11.9. The Morgan fingerprint density at radius 2 is 2.11 bits per heavy atom. The van der Waals surface area contributed by atoms with Crippen molar-refractivity contribution in [2.45, 2.75) is 6.92 Å². The van der Waals surface area contributed by atoms with Gasteiger partial charge in [0.2, 0.25) is 0 Å². The van der Waals surface area contributed by atoms with Gasteiger partial charge >= 0.3 is 0 Å². The number of benzene rings is 1. The summed E-state index contributed by atoms with van der Waals surface area (Å²) in [5.41, 5.74) is 2.07. The highest BCUT2D eigenvalue weighted by molar-refractivity contribution is 9.10. The van der Waals surface area contributed by atoms with Gasteiger partial charge in [0.25, 0.3) is 5.91 Å². The van der Waals surface area contributed by atoms with Crippen molar-refractivity contribution < 1.29 is 4.79 Å². The molecule has 0 radical (unpaired) electrons. The van der Waals surface area contributed by atoms with Crippen LogP contribution in [0.2, 0.25) is 5.02 Å². The number of rotatable bonds is 2. The van der Waals surface area contributed by atoms with Crippen LogP contribution in [-0.2, 0) is 0 Å². The number of pyridine rings is 1. The van der Waals surface area contributed by atoms with Gasteiger partial charge in [0.15, 0.2) is 0 Å². The Kier molecular flexibility index (Phi) is 3.99. The van der Waals surface area contributed by atoms with Gasteiger partial charge in [-0.3, -0.25) is 9.78 Å². The SMILES string of the molecule is Cc1cc(NC(=O)c2ccc(Br)c(Cl)c2)ccn1. The summed E-state index contributed by atoms with van der Waals surface area (Å²) in [4.78, 5) is 16.1. The largest absolute Gasteiger partial charge is 0.322 e. The Hall–Kier alpha value is -1.39. The molecule has 5 heteroatoms. The van der Waals surface area contributed by atoms with Crippen LogP contribution in [0.15, 0.2) is 41.0 Å². The molecule has 0 saturated heterocycles. The van der Waals surface area contributed by atoms with E-state index < -0.39 is 0 Å². The lowest BCUT2D eigenvalue weighted by molar-refractivity contribution is 0.102. The molecule has 0 aliphatic heterocycles. The predicted molar refractivity (Wildman–Crippen MR) is 76.1 cm³/mol. The average molecular weight is 326 g/mol. The summed E-state index contributed by atoms with van der Waals surface area (Å²) < 4.78 is 0.764. The summed E-state index contributed by atoms with van der Waals surface area (Å²) in [5, 5.41) is 3.30. The first-order chi connectivity index (χ1) is 8.56. The van der Waals surface area contributed by atoms with Crippen molar-refractivity contribution in [3.05, 3.63) is 57.3 Å². The van der Waals surface area contributed by atoms with E-state index in [1.54, 1.807) is 36.5 Å². The molecule has 3 nitrogen and oxygen atoms in total. The van der Waals surface area contributed by atoms with E-state index in [1.807, 2.05) is 6.92 Å². The van der Waals surface area contributed by atoms with Crippen molar-refractivity contribution in [3.8, 4) is 0 Å². The quantitative estimate of drug-likeness (QED) is 0.905. The maximum atomic E-state index is 12.0. The van der Waals surface area contributed by atoms with Crippen molar-refractivity contribution in [1.82, 2.24) is 4.98 Å². The number of aromatic nitrogens is 1. The minimum absolute atomic E-state index is 0.199. The lowest BCUT2D eigenvalue weighted by Gasteiger charge is -2.06. The molecule has 0 spiro atoms. The van der Waals surface area contributed by atoms with Gasteiger partial charge < -0.3 is 5.32 Å². The van der Waals surface area contributed by atoms with E-state index in [0.717, 1.165) is 10.2 Å². The van der Waals surface area contributed by atoms with E-state index in [9.17, 15) is 4.79 Å². The highest BCUT2D eigenvalue weighted by Gasteiger charge is 2.08. The van der Waals surface area contributed by atoms with Crippen LogP contribution in [0.1, 0.15) is 16.1 Å². The number of hydrogen-bond donors (Lipinski definition) is 1. The van der Waals surface area contributed by atoms with Crippen molar-refractivity contribution in [2.75, 3.05) is 5.32 Å². The summed E-state index contributed by atoms with van der Waals surface area (Å²) in [5.74, 6) is -0.199. The molecule has 2 aromatic rings. The van der Waals surface area contributed by atoms with Gasteiger partial charge in [-0.15, -0.1) is 0 Å². The average Bonchev–Trinajstić information content (AvgIpc) is 2.32. The van der Waals surface area contributed by atoms with Crippen LogP contribution >= 0.6 is 27.5 Å². The van der Waals surface area contributed by atoms with E-state index in [0.29, 0.717) is 16.3 Å². The van der Waals surface area contributed by atoms with E-state index in [1.165, 1.54) is 0 Å².